The second-order valence-corrected chi connectivity index (χ2v) is 8.75. The van der Waals surface area contributed by atoms with Gasteiger partial charge in [-0.05, 0) is 73.8 Å². The minimum Gasteiger partial charge on any atom is -0.496 e. The Labute approximate surface area is 208 Å². The summed E-state index contributed by atoms with van der Waals surface area (Å²) in [5.74, 6) is 0.716. The highest BCUT2D eigenvalue weighted by Gasteiger charge is 2.18. The van der Waals surface area contributed by atoms with Crippen LogP contribution < -0.4 is 20.3 Å². The number of nitrogens with zero attached hydrogens (tertiary/aromatic N) is 1. The topological polar surface area (TPSA) is 70.7 Å². The number of aryl methyl sites for hydroxylation is 1. The van der Waals surface area contributed by atoms with E-state index in [0.29, 0.717) is 6.54 Å². The van der Waals surface area contributed by atoms with E-state index in [0.717, 1.165) is 58.2 Å². The molecule has 184 valence electrons. The molecule has 0 saturated carbocycles. The summed E-state index contributed by atoms with van der Waals surface area (Å²) in [6.07, 6.45) is 4.17. The third kappa shape index (κ3) is 6.28. The monoisotopic (exact) mass is 473 g/mol. The predicted molar refractivity (Wildman–Crippen MR) is 144 cm³/mol. The van der Waals surface area contributed by atoms with Crippen LogP contribution in [0, 0.1) is 0 Å². The van der Waals surface area contributed by atoms with Crippen LogP contribution in [0.4, 0.5) is 5.69 Å². The van der Waals surface area contributed by atoms with Gasteiger partial charge in [0.2, 0.25) is 12.3 Å². The molecule has 2 atom stereocenters. The highest BCUT2D eigenvalue weighted by Crippen LogP contribution is 2.32. The van der Waals surface area contributed by atoms with Crippen molar-refractivity contribution in [3.8, 4) is 5.75 Å². The van der Waals surface area contributed by atoms with E-state index in [2.05, 4.69) is 29.3 Å². The number of fused-ring (bicyclic) bond motifs is 1. The smallest absolute Gasteiger partial charge is 0.237 e. The summed E-state index contributed by atoms with van der Waals surface area (Å²) >= 11 is 0. The molecule has 0 radical (unpaired) electrons. The average molecular weight is 474 g/mol. The van der Waals surface area contributed by atoms with Gasteiger partial charge in [0.15, 0.2) is 0 Å². The molecule has 0 aliphatic heterocycles. The third-order valence-electron chi connectivity index (χ3n) is 6.39. The lowest BCUT2D eigenvalue weighted by molar-refractivity contribution is -0.123. The van der Waals surface area contributed by atoms with Gasteiger partial charge in [-0.2, -0.15) is 0 Å². The van der Waals surface area contributed by atoms with E-state index in [1.165, 1.54) is 0 Å². The lowest BCUT2D eigenvalue weighted by Crippen LogP contribution is -2.44. The molecule has 6 heteroatoms. The molecule has 0 aliphatic carbocycles. The number of hydrogen-bond donors (Lipinski definition) is 2. The SMILES string of the molecule is C=Cc1ccc2c(CN(C=O)c3ccccc3CCC(C)NC(=O)[C@H](C)NC)c(OC)ccc2c1. The lowest BCUT2D eigenvalue weighted by Gasteiger charge is -2.24. The van der Waals surface area contributed by atoms with E-state index in [9.17, 15) is 9.59 Å². The number of carbonyl (C=O) groups is 2. The van der Waals surface area contributed by atoms with Gasteiger partial charge in [-0.3, -0.25) is 9.59 Å². The Morgan fingerprint density at radius 2 is 1.91 bits per heavy atom. The van der Waals surface area contributed by atoms with Gasteiger partial charge in [0, 0.05) is 17.3 Å². The molecule has 0 fully saturated rings. The first kappa shape index (κ1) is 26.0. The van der Waals surface area contributed by atoms with E-state index in [4.69, 9.17) is 4.74 Å². The van der Waals surface area contributed by atoms with E-state index in [1.807, 2.05) is 62.4 Å². The molecule has 3 aromatic rings. The van der Waals surface area contributed by atoms with Crippen molar-refractivity contribution in [1.82, 2.24) is 10.6 Å². The molecule has 0 spiro atoms. The Morgan fingerprint density at radius 1 is 1.14 bits per heavy atom. The maximum absolute atomic E-state index is 12.3. The summed E-state index contributed by atoms with van der Waals surface area (Å²) in [7, 11) is 3.41. The number of hydrogen-bond acceptors (Lipinski definition) is 4. The van der Waals surface area contributed by atoms with Crippen LogP contribution in [0.1, 0.15) is 37.0 Å². The normalized spacial score (nSPS) is 12.6. The number of benzene rings is 3. The molecule has 6 nitrogen and oxygen atoms in total. The number of nitrogens with one attached hydrogen (secondary N) is 2. The van der Waals surface area contributed by atoms with E-state index in [-0.39, 0.29) is 18.0 Å². The summed E-state index contributed by atoms with van der Waals surface area (Å²) in [6, 6.07) is 17.8. The van der Waals surface area contributed by atoms with Crippen molar-refractivity contribution >= 4 is 34.9 Å². The lowest BCUT2D eigenvalue weighted by atomic mass is 9.99. The zero-order valence-electron chi connectivity index (χ0n) is 21.0. The van der Waals surface area contributed by atoms with Crippen LogP contribution in [0.2, 0.25) is 0 Å². The Balaban J connectivity index is 1.85. The predicted octanol–water partition coefficient (Wildman–Crippen LogP) is 4.70. The number of methoxy groups -OCH3 is 1. The number of ether oxygens (including phenoxy) is 1. The van der Waals surface area contributed by atoms with Crippen molar-refractivity contribution in [2.75, 3.05) is 19.1 Å². The van der Waals surface area contributed by atoms with E-state index >= 15 is 0 Å². The summed E-state index contributed by atoms with van der Waals surface area (Å²) in [4.78, 5) is 26.2. The molecule has 35 heavy (non-hydrogen) atoms. The fraction of sp³-hybridized carbons (Fsp3) is 0.310. The summed E-state index contributed by atoms with van der Waals surface area (Å²) in [5.41, 5.74) is 3.89. The Bertz CT molecular complexity index is 1190. The highest BCUT2D eigenvalue weighted by atomic mass is 16.5. The summed E-state index contributed by atoms with van der Waals surface area (Å²) < 4.78 is 5.66. The number of amides is 2. The van der Waals surface area contributed by atoms with Gasteiger partial charge in [-0.15, -0.1) is 0 Å². The number of rotatable bonds is 12. The first-order valence-corrected chi connectivity index (χ1v) is 11.9. The van der Waals surface area contributed by atoms with Crippen molar-refractivity contribution < 1.29 is 14.3 Å². The maximum atomic E-state index is 12.3. The highest BCUT2D eigenvalue weighted by molar-refractivity contribution is 5.91. The van der Waals surface area contributed by atoms with Crippen LogP contribution in [0.5, 0.6) is 5.75 Å². The molecule has 2 N–H and O–H groups in total. The fourth-order valence-electron chi connectivity index (χ4n) is 4.17. The molecule has 0 aliphatic rings. The van der Waals surface area contributed by atoms with Crippen molar-refractivity contribution in [3.63, 3.8) is 0 Å². The first-order chi connectivity index (χ1) is 16.9. The van der Waals surface area contributed by atoms with E-state index in [1.54, 1.807) is 19.1 Å². The number of likely N-dealkylation sites (N-methyl/N-ethyl adjacent to an activating group) is 1. The molecule has 0 bridgehead atoms. The number of carbonyl (C=O) groups excluding carboxylic acids is 2. The van der Waals surface area contributed by atoms with Gasteiger partial charge >= 0.3 is 0 Å². The third-order valence-corrected chi connectivity index (χ3v) is 6.39. The van der Waals surface area contributed by atoms with Crippen molar-refractivity contribution in [2.24, 2.45) is 0 Å². The van der Waals surface area contributed by atoms with Crippen LogP contribution >= 0.6 is 0 Å². The molecular weight excluding hydrogens is 438 g/mol. The van der Waals surface area contributed by atoms with Gasteiger partial charge < -0.3 is 20.3 Å². The minimum atomic E-state index is -0.242. The zero-order chi connectivity index (χ0) is 25.4. The molecule has 1 unspecified atom stereocenters. The van der Waals surface area contributed by atoms with Crippen LogP contribution in [0.15, 0.2) is 61.2 Å². The standard InChI is InChI=1S/C29H35N3O3/c1-6-22-12-15-25-24(17-22)14-16-28(35-5)26(25)18-32(19-33)27-10-8-7-9-23(27)13-11-20(2)31-29(34)21(3)30-4/h6-10,12,14-17,19-21,30H,1,11,13,18H2,2-5H3,(H,31,34)/t20?,21-/m0/s1. The largest absolute Gasteiger partial charge is 0.496 e. The summed E-state index contributed by atoms with van der Waals surface area (Å²) in [5, 5.41) is 8.10. The first-order valence-electron chi connectivity index (χ1n) is 11.9. The van der Waals surface area contributed by atoms with Crippen molar-refractivity contribution in [1.29, 1.82) is 0 Å². The molecule has 0 heterocycles. The van der Waals surface area contributed by atoms with Crippen molar-refractivity contribution in [3.05, 3.63) is 77.9 Å². The van der Waals surface area contributed by atoms with E-state index < -0.39 is 0 Å². The quantitative estimate of drug-likeness (QED) is 0.374. The van der Waals surface area contributed by atoms with Gasteiger partial charge in [0.25, 0.3) is 0 Å². The Morgan fingerprint density at radius 3 is 2.60 bits per heavy atom. The summed E-state index contributed by atoms with van der Waals surface area (Å²) in [6.45, 7) is 8.06. The van der Waals surface area contributed by atoms with Crippen LogP contribution in [0.25, 0.3) is 16.8 Å². The van der Waals surface area contributed by atoms with Crippen LogP contribution in [-0.4, -0.2) is 38.6 Å². The number of para-hydroxylation sites is 1. The minimum absolute atomic E-state index is 0.00764. The number of anilines is 1. The average Bonchev–Trinajstić information content (AvgIpc) is 2.89. The fourth-order valence-corrected chi connectivity index (χ4v) is 4.17. The van der Waals surface area contributed by atoms with Gasteiger partial charge in [0.05, 0.1) is 19.7 Å². The molecular formula is C29H35N3O3. The molecule has 0 saturated heterocycles. The van der Waals surface area contributed by atoms with Gasteiger partial charge in [0.1, 0.15) is 5.75 Å². The molecule has 0 aromatic heterocycles. The molecule has 2 amide bonds. The maximum Gasteiger partial charge on any atom is 0.237 e. The van der Waals surface area contributed by atoms with Crippen LogP contribution in [-0.2, 0) is 22.6 Å². The second-order valence-electron chi connectivity index (χ2n) is 8.75. The van der Waals surface area contributed by atoms with Gasteiger partial charge in [-0.1, -0.05) is 49.1 Å². The second kappa shape index (κ2) is 12.2. The zero-order valence-corrected chi connectivity index (χ0v) is 21.0. The molecule has 3 rings (SSSR count). The molecule has 3 aromatic carbocycles. The van der Waals surface area contributed by atoms with Gasteiger partial charge in [-0.25, -0.2) is 0 Å². The Kier molecular flexibility index (Phi) is 9.04. The van der Waals surface area contributed by atoms with Crippen LogP contribution in [0.3, 0.4) is 0 Å². The van der Waals surface area contributed by atoms with Crippen molar-refractivity contribution in [2.45, 2.75) is 45.3 Å². The Hall–Kier alpha value is -3.64.